The highest BCUT2D eigenvalue weighted by Crippen LogP contribution is 2.27. The number of para-hydroxylation sites is 1. The fraction of sp³-hybridized carbons (Fsp3) is 0.556. The number of benzene rings is 2. The van der Waals surface area contributed by atoms with E-state index in [-0.39, 0.29) is 54.2 Å². The Balaban J connectivity index is 1.06. The van der Waals surface area contributed by atoms with Crippen LogP contribution in [0.15, 0.2) is 40.9 Å². The summed E-state index contributed by atoms with van der Waals surface area (Å²) in [5, 5.41) is 13.2. The predicted molar refractivity (Wildman–Crippen MR) is 195 cm³/mol. The zero-order valence-corrected chi connectivity index (χ0v) is 30.7. The van der Waals surface area contributed by atoms with Crippen LogP contribution in [0.2, 0.25) is 0 Å². The zero-order valence-electron chi connectivity index (χ0n) is 29.1. The van der Waals surface area contributed by atoms with E-state index in [4.69, 9.17) is 17.3 Å². The molecule has 2 aromatic carbocycles. The Hall–Kier alpha value is -3.82. The molecule has 4 aliphatic heterocycles. The number of likely N-dealkylation sites (tertiary alicyclic amines) is 2. The fourth-order valence-corrected chi connectivity index (χ4v) is 8.15. The number of anilines is 1. The van der Waals surface area contributed by atoms with Gasteiger partial charge in [-0.05, 0) is 78.2 Å². The van der Waals surface area contributed by atoms with Crippen LogP contribution in [-0.2, 0) is 31.9 Å². The van der Waals surface area contributed by atoms with Gasteiger partial charge in [0.25, 0.3) is 5.91 Å². The lowest BCUT2D eigenvalue weighted by atomic mass is 9.91. The van der Waals surface area contributed by atoms with Crippen molar-refractivity contribution in [3.05, 3.63) is 52.0 Å². The molecule has 3 saturated heterocycles. The molecular formula is C36H46BBrN6O7. The van der Waals surface area contributed by atoms with Gasteiger partial charge in [-0.2, -0.15) is 0 Å². The molecule has 1 atom stereocenters. The molecule has 0 saturated carbocycles. The number of urea groups is 1. The molecular weight excluding hydrogens is 719 g/mol. The SMILES string of the molecule is [B]c1cc(C[C@@H](OC(=O)N2CCC(N3CCc4ccccc4NC3=O)CC2)C(=O)N2CCC(N3CCN(CC(=O)OCC)C3)CC2)cc(Br)c1O. The van der Waals surface area contributed by atoms with Crippen molar-refractivity contribution in [1.82, 2.24) is 24.5 Å². The van der Waals surface area contributed by atoms with Gasteiger partial charge in [-0.15, -0.1) is 0 Å². The number of nitrogens with one attached hydrogen (secondary N) is 1. The van der Waals surface area contributed by atoms with Gasteiger partial charge in [-0.1, -0.05) is 29.7 Å². The molecule has 4 amide bonds. The molecule has 272 valence electrons. The standard InChI is InChI=1S/C36H46BBrN6O7/c1-2-50-32(45)22-40-17-18-43(23-40)26-8-12-41(13-9-26)34(47)31(21-24-19-28(37)33(46)29(38)20-24)51-36(49)42-14-10-27(11-15-42)44-16-7-25-5-3-4-6-30(25)39-35(44)48/h3-6,19-20,26-27,31,46H,2,7-18,21-23H2,1H3,(H,39,48)/t31-/m1/s1. The van der Waals surface area contributed by atoms with Crippen molar-refractivity contribution in [3.63, 3.8) is 0 Å². The number of carbonyl (C=O) groups is 4. The van der Waals surface area contributed by atoms with Gasteiger partial charge >= 0.3 is 18.1 Å². The molecule has 0 bridgehead atoms. The topological polar surface area (TPSA) is 135 Å². The number of hydrogen-bond acceptors (Lipinski definition) is 9. The second kappa shape index (κ2) is 16.7. The van der Waals surface area contributed by atoms with Crippen LogP contribution in [-0.4, -0.2) is 145 Å². The zero-order chi connectivity index (χ0) is 36.1. The molecule has 2 radical (unpaired) electrons. The molecule has 6 rings (SSSR count). The Morgan fingerprint density at radius 2 is 1.69 bits per heavy atom. The number of phenolic OH excluding ortho intramolecular Hbond substituents is 1. The average molecular weight is 766 g/mol. The first-order chi connectivity index (χ1) is 24.6. The second-order valence-corrected chi connectivity index (χ2v) is 14.6. The van der Waals surface area contributed by atoms with Crippen molar-refractivity contribution in [1.29, 1.82) is 0 Å². The Bertz CT molecular complexity index is 1580. The average Bonchev–Trinajstić information content (AvgIpc) is 3.52. The number of phenols is 1. The van der Waals surface area contributed by atoms with Gasteiger partial charge in [-0.3, -0.25) is 19.4 Å². The van der Waals surface area contributed by atoms with Crippen LogP contribution in [0.25, 0.3) is 0 Å². The van der Waals surface area contributed by atoms with E-state index in [0.29, 0.717) is 68.9 Å². The van der Waals surface area contributed by atoms with Crippen molar-refractivity contribution >= 4 is 58.9 Å². The molecule has 13 nitrogen and oxygen atoms in total. The molecule has 0 unspecified atom stereocenters. The smallest absolute Gasteiger partial charge is 0.410 e. The maximum atomic E-state index is 14.1. The largest absolute Gasteiger partial charge is 0.507 e. The van der Waals surface area contributed by atoms with Crippen molar-refractivity contribution in [2.45, 2.75) is 63.6 Å². The molecule has 3 fully saturated rings. The van der Waals surface area contributed by atoms with Crippen LogP contribution in [0, 0.1) is 0 Å². The molecule has 15 heteroatoms. The van der Waals surface area contributed by atoms with Gasteiger partial charge in [0.15, 0.2) is 6.10 Å². The highest BCUT2D eigenvalue weighted by atomic mass is 79.9. The third kappa shape index (κ3) is 8.98. The summed E-state index contributed by atoms with van der Waals surface area (Å²) in [6.45, 7) is 7.18. The summed E-state index contributed by atoms with van der Waals surface area (Å²) in [6.07, 6.45) is 1.90. The first-order valence-corrected chi connectivity index (χ1v) is 18.7. The summed E-state index contributed by atoms with van der Waals surface area (Å²) < 4.78 is 11.5. The Kier molecular flexibility index (Phi) is 12.1. The van der Waals surface area contributed by atoms with E-state index in [1.54, 1.807) is 28.9 Å². The van der Waals surface area contributed by atoms with Crippen molar-refractivity contribution in [3.8, 4) is 5.75 Å². The van der Waals surface area contributed by atoms with Gasteiger partial charge in [0.05, 0.1) is 24.3 Å². The summed E-state index contributed by atoms with van der Waals surface area (Å²) in [5.41, 5.74) is 2.74. The number of halogens is 1. The van der Waals surface area contributed by atoms with E-state index in [1.165, 1.54) is 0 Å². The minimum Gasteiger partial charge on any atom is -0.507 e. The van der Waals surface area contributed by atoms with E-state index < -0.39 is 12.2 Å². The van der Waals surface area contributed by atoms with Crippen molar-refractivity contribution in [2.24, 2.45) is 0 Å². The van der Waals surface area contributed by atoms with E-state index >= 15 is 0 Å². The van der Waals surface area contributed by atoms with Crippen molar-refractivity contribution < 1.29 is 33.8 Å². The number of rotatable bonds is 9. The molecule has 2 N–H and O–H groups in total. The summed E-state index contributed by atoms with van der Waals surface area (Å²) in [6, 6.07) is 11.2. The minimum atomic E-state index is -1.09. The van der Waals surface area contributed by atoms with Gasteiger partial charge in [0, 0.05) is 70.0 Å². The van der Waals surface area contributed by atoms with Crippen LogP contribution >= 0.6 is 15.9 Å². The molecule has 51 heavy (non-hydrogen) atoms. The number of piperidine rings is 2. The lowest BCUT2D eigenvalue weighted by Crippen LogP contribution is -2.52. The van der Waals surface area contributed by atoms with Crippen LogP contribution in [0.4, 0.5) is 15.3 Å². The number of aromatic hydroxyl groups is 1. The fourth-order valence-electron chi connectivity index (χ4n) is 7.62. The van der Waals surface area contributed by atoms with Crippen LogP contribution in [0.1, 0.15) is 43.7 Å². The number of amides is 4. The van der Waals surface area contributed by atoms with Crippen LogP contribution in [0.3, 0.4) is 0 Å². The molecule has 0 aliphatic carbocycles. The van der Waals surface area contributed by atoms with Gasteiger partial charge in [-0.25, -0.2) is 9.59 Å². The van der Waals surface area contributed by atoms with Gasteiger partial charge in [0.2, 0.25) is 0 Å². The second-order valence-electron chi connectivity index (χ2n) is 13.7. The third-order valence-corrected chi connectivity index (χ3v) is 11.0. The van der Waals surface area contributed by atoms with E-state index in [1.807, 2.05) is 29.2 Å². The maximum absolute atomic E-state index is 14.1. The minimum absolute atomic E-state index is 0.0211. The normalized spacial score (nSPS) is 20.0. The molecule has 4 aliphatic rings. The Morgan fingerprint density at radius 1 is 0.980 bits per heavy atom. The third-order valence-electron chi connectivity index (χ3n) is 10.4. The summed E-state index contributed by atoms with van der Waals surface area (Å²) in [4.78, 5) is 62.4. The van der Waals surface area contributed by atoms with Crippen molar-refractivity contribution in [2.75, 3.05) is 71.0 Å². The highest BCUT2D eigenvalue weighted by Gasteiger charge is 2.37. The van der Waals surface area contributed by atoms with E-state index in [2.05, 4.69) is 31.0 Å². The molecule has 0 aromatic heterocycles. The summed E-state index contributed by atoms with van der Waals surface area (Å²) >= 11 is 3.33. The predicted octanol–water partition coefficient (Wildman–Crippen LogP) is 2.68. The summed E-state index contributed by atoms with van der Waals surface area (Å²) in [7, 11) is 6.02. The first-order valence-electron chi connectivity index (χ1n) is 17.9. The molecule has 0 spiro atoms. The number of esters is 1. The van der Waals surface area contributed by atoms with Gasteiger partial charge in [0.1, 0.15) is 13.6 Å². The number of ether oxygens (including phenoxy) is 2. The van der Waals surface area contributed by atoms with Gasteiger partial charge < -0.3 is 34.6 Å². The Labute approximate surface area is 308 Å². The van der Waals surface area contributed by atoms with E-state index in [9.17, 15) is 24.3 Å². The molecule has 4 heterocycles. The highest BCUT2D eigenvalue weighted by molar-refractivity contribution is 9.10. The van der Waals surface area contributed by atoms with E-state index in [0.717, 1.165) is 43.6 Å². The number of hydrogen-bond donors (Lipinski definition) is 2. The number of carbonyl (C=O) groups excluding carboxylic acids is 4. The monoisotopic (exact) mass is 764 g/mol. The number of fused-ring (bicyclic) bond motifs is 1. The first kappa shape index (κ1) is 37.0. The summed E-state index contributed by atoms with van der Waals surface area (Å²) in [5.74, 6) is -0.581. The maximum Gasteiger partial charge on any atom is 0.410 e. The number of nitrogens with zero attached hydrogens (tertiary/aromatic N) is 5. The van der Waals surface area contributed by atoms with Crippen LogP contribution in [0.5, 0.6) is 5.75 Å². The molecule has 2 aromatic rings. The lowest BCUT2D eigenvalue weighted by Gasteiger charge is -2.39. The van der Waals surface area contributed by atoms with Crippen LogP contribution < -0.4 is 10.8 Å². The lowest BCUT2D eigenvalue weighted by molar-refractivity contribution is -0.145. The Morgan fingerprint density at radius 3 is 2.41 bits per heavy atom. The quantitative estimate of drug-likeness (QED) is 0.292.